The summed E-state index contributed by atoms with van der Waals surface area (Å²) in [5.74, 6) is 1.25. The van der Waals surface area contributed by atoms with Crippen LogP contribution in [0, 0.1) is 0 Å². The molecule has 14 heavy (non-hydrogen) atoms. The zero-order chi connectivity index (χ0) is 10.2. The van der Waals surface area contributed by atoms with Gasteiger partial charge < -0.3 is 14.8 Å². The van der Waals surface area contributed by atoms with Crippen LogP contribution in [0.2, 0.25) is 0 Å². The van der Waals surface area contributed by atoms with Crippen molar-refractivity contribution in [1.29, 1.82) is 0 Å². The number of rotatable bonds is 7. The van der Waals surface area contributed by atoms with Gasteiger partial charge in [0.25, 0.3) is 0 Å². The normalized spacial score (nSPS) is 27.0. The Morgan fingerprint density at radius 1 is 1.36 bits per heavy atom. The lowest BCUT2D eigenvalue weighted by Crippen LogP contribution is -2.32. The van der Waals surface area contributed by atoms with Gasteiger partial charge in [0.15, 0.2) is 0 Å². The summed E-state index contributed by atoms with van der Waals surface area (Å²) >= 11 is 2.05. The Labute approximate surface area is 90.9 Å². The lowest BCUT2D eigenvalue weighted by atomic mass is 10.2. The van der Waals surface area contributed by atoms with Gasteiger partial charge in [0.1, 0.15) is 0 Å². The van der Waals surface area contributed by atoms with Crippen molar-refractivity contribution < 1.29 is 9.47 Å². The van der Waals surface area contributed by atoms with E-state index in [4.69, 9.17) is 9.47 Å². The molecule has 0 aromatic carbocycles. The van der Waals surface area contributed by atoms with Crippen molar-refractivity contribution in [3.05, 3.63) is 0 Å². The van der Waals surface area contributed by atoms with Gasteiger partial charge in [0, 0.05) is 30.7 Å². The van der Waals surface area contributed by atoms with Crippen LogP contribution in [0.1, 0.15) is 13.3 Å². The van der Waals surface area contributed by atoms with Crippen molar-refractivity contribution in [3.8, 4) is 0 Å². The zero-order valence-corrected chi connectivity index (χ0v) is 9.94. The number of methoxy groups -OCH3 is 1. The Bertz CT molecular complexity index is 146. The summed E-state index contributed by atoms with van der Waals surface area (Å²) in [4.78, 5) is 0. The number of thioether (sulfide) groups is 1. The largest absolute Gasteiger partial charge is 0.382 e. The summed E-state index contributed by atoms with van der Waals surface area (Å²) in [7, 11) is 1.69. The quantitative estimate of drug-likeness (QED) is 0.650. The first-order valence-electron chi connectivity index (χ1n) is 5.24. The van der Waals surface area contributed by atoms with E-state index < -0.39 is 0 Å². The highest BCUT2D eigenvalue weighted by Crippen LogP contribution is 2.25. The minimum atomic E-state index is 0.691. The van der Waals surface area contributed by atoms with Crippen LogP contribution in [0.15, 0.2) is 0 Å². The van der Waals surface area contributed by atoms with Gasteiger partial charge in [0.05, 0.1) is 19.8 Å². The van der Waals surface area contributed by atoms with Crippen LogP contribution in [0.5, 0.6) is 0 Å². The maximum Gasteiger partial charge on any atom is 0.0700 e. The molecule has 2 atom stereocenters. The van der Waals surface area contributed by atoms with Gasteiger partial charge in [-0.05, 0) is 6.42 Å². The fourth-order valence-corrected chi connectivity index (χ4v) is 2.72. The molecular weight excluding hydrogens is 198 g/mol. The minimum absolute atomic E-state index is 0.691. The molecule has 0 amide bonds. The van der Waals surface area contributed by atoms with Crippen LogP contribution in [-0.4, -0.2) is 50.5 Å². The molecule has 2 unspecified atom stereocenters. The van der Waals surface area contributed by atoms with Gasteiger partial charge in [0.2, 0.25) is 0 Å². The molecule has 0 spiro atoms. The molecule has 1 N–H and O–H groups in total. The summed E-state index contributed by atoms with van der Waals surface area (Å²) in [6.07, 6.45) is 1.29. The fraction of sp³-hybridized carbons (Fsp3) is 1.00. The monoisotopic (exact) mass is 219 g/mol. The van der Waals surface area contributed by atoms with Crippen LogP contribution in [0.25, 0.3) is 0 Å². The third-order valence-electron chi connectivity index (χ3n) is 2.31. The predicted octanol–water partition coefficient (Wildman–Crippen LogP) is 1.13. The smallest absolute Gasteiger partial charge is 0.0700 e. The second-order valence-electron chi connectivity index (χ2n) is 3.64. The van der Waals surface area contributed by atoms with E-state index in [0.717, 1.165) is 18.4 Å². The lowest BCUT2D eigenvalue weighted by molar-refractivity contribution is 0.0712. The first-order chi connectivity index (χ1) is 6.83. The predicted molar refractivity (Wildman–Crippen MR) is 61.0 cm³/mol. The molecule has 1 aliphatic heterocycles. The number of ether oxygens (including phenoxy) is 2. The molecule has 0 bridgehead atoms. The average Bonchev–Trinajstić information content (AvgIpc) is 2.58. The summed E-state index contributed by atoms with van der Waals surface area (Å²) in [5.41, 5.74) is 0. The van der Waals surface area contributed by atoms with E-state index in [2.05, 4.69) is 24.0 Å². The Morgan fingerprint density at radius 2 is 2.21 bits per heavy atom. The molecule has 1 saturated heterocycles. The van der Waals surface area contributed by atoms with E-state index in [1.54, 1.807) is 7.11 Å². The molecule has 0 radical (unpaired) electrons. The zero-order valence-electron chi connectivity index (χ0n) is 9.12. The molecule has 4 heteroatoms. The molecule has 1 aliphatic rings. The maximum atomic E-state index is 5.37. The third-order valence-corrected chi connectivity index (χ3v) is 3.67. The highest BCUT2D eigenvalue weighted by atomic mass is 32.2. The molecule has 1 heterocycles. The molecule has 0 aromatic heterocycles. The van der Waals surface area contributed by atoms with Gasteiger partial charge >= 0.3 is 0 Å². The Hall–Kier alpha value is 0.230. The number of hydrogen-bond donors (Lipinski definition) is 1. The van der Waals surface area contributed by atoms with E-state index >= 15 is 0 Å². The Morgan fingerprint density at radius 3 is 2.86 bits per heavy atom. The van der Waals surface area contributed by atoms with E-state index in [1.807, 2.05) is 0 Å². The summed E-state index contributed by atoms with van der Waals surface area (Å²) in [5, 5.41) is 4.32. The molecule has 3 nitrogen and oxygen atoms in total. The molecule has 0 aliphatic carbocycles. The summed E-state index contributed by atoms with van der Waals surface area (Å²) in [6.45, 7) is 5.44. The van der Waals surface area contributed by atoms with Gasteiger partial charge in [-0.3, -0.25) is 0 Å². The van der Waals surface area contributed by atoms with Crippen molar-refractivity contribution in [2.45, 2.75) is 24.6 Å². The van der Waals surface area contributed by atoms with Crippen molar-refractivity contribution >= 4 is 11.8 Å². The van der Waals surface area contributed by atoms with Crippen LogP contribution in [-0.2, 0) is 9.47 Å². The average molecular weight is 219 g/mol. The Kier molecular flexibility index (Phi) is 6.60. The second-order valence-corrected chi connectivity index (χ2v) is 5.11. The fourth-order valence-electron chi connectivity index (χ4n) is 1.54. The van der Waals surface area contributed by atoms with E-state index in [0.29, 0.717) is 19.3 Å². The van der Waals surface area contributed by atoms with E-state index in [-0.39, 0.29) is 0 Å². The highest BCUT2D eigenvalue weighted by molar-refractivity contribution is 8.00. The molecule has 0 aromatic rings. The molecule has 0 saturated carbocycles. The van der Waals surface area contributed by atoms with Crippen molar-refractivity contribution in [2.75, 3.05) is 39.2 Å². The highest BCUT2D eigenvalue weighted by Gasteiger charge is 2.20. The third kappa shape index (κ3) is 5.20. The molecule has 84 valence electrons. The lowest BCUT2D eigenvalue weighted by Gasteiger charge is -2.11. The Balaban J connectivity index is 1.84. The van der Waals surface area contributed by atoms with Gasteiger partial charge in [-0.1, -0.05) is 6.92 Å². The van der Waals surface area contributed by atoms with E-state index in [9.17, 15) is 0 Å². The summed E-state index contributed by atoms with van der Waals surface area (Å²) in [6, 6.07) is 0.695. The van der Waals surface area contributed by atoms with Crippen LogP contribution in [0.4, 0.5) is 0 Å². The number of nitrogens with one attached hydrogen (secondary N) is 1. The first kappa shape index (κ1) is 12.3. The molecular formula is C10H21NO2S. The van der Waals surface area contributed by atoms with Crippen LogP contribution < -0.4 is 5.32 Å². The second kappa shape index (κ2) is 7.51. The van der Waals surface area contributed by atoms with Crippen LogP contribution >= 0.6 is 11.8 Å². The maximum absolute atomic E-state index is 5.37. The van der Waals surface area contributed by atoms with Gasteiger partial charge in [-0.25, -0.2) is 0 Å². The van der Waals surface area contributed by atoms with Crippen molar-refractivity contribution in [3.63, 3.8) is 0 Å². The minimum Gasteiger partial charge on any atom is -0.382 e. The topological polar surface area (TPSA) is 30.5 Å². The van der Waals surface area contributed by atoms with Crippen LogP contribution in [0.3, 0.4) is 0 Å². The SMILES string of the molecule is COCCOCCNC1CSC(C)C1. The van der Waals surface area contributed by atoms with Crippen molar-refractivity contribution in [2.24, 2.45) is 0 Å². The number of hydrogen-bond acceptors (Lipinski definition) is 4. The van der Waals surface area contributed by atoms with Gasteiger partial charge in [-0.2, -0.15) is 11.8 Å². The van der Waals surface area contributed by atoms with E-state index in [1.165, 1.54) is 12.2 Å². The first-order valence-corrected chi connectivity index (χ1v) is 6.29. The summed E-state index contributed by atoms with van der Waals surface area (Å²) < 4.78 is 10.3. The molecule has 1 fully saturated rings. The van der Waals surface area contributed by atoms with Gasteiger partial charge in [-0.15, -0.1) is 0 Å². The van der Waals surface area contributed by atoms with Crippen molar-refractivity contribution in [1.82, 2.24) is 5.32 Å². The molecule has 1 rings (SSSR count). The standard InChI is InChI=1S/C10H21NO2S/c1-9-7-10(8-14-9)11-3-4-13-6-5-12-2/h9-11H,3-8H2,1-2H3.